The first-order valence-corrected chi connectivity index (χ1v) is 4.90. The number of likely N-dealkylation sites (N-methyl/N-ethyl adjacent to an activating group) is 1. The van der Waals surface area contributed by atoms with Crippen LogP contribution in [-0.4, -0.2) is 19.5 Å². The van der Waals surface area contributed by atoms with E-state index in [2.05, 4.69) is 0 Å². The number of primary amides is 1. The van der Waals surface area contributed by atoms with E-state index in [1.54, 1.807) is 24.1 Å². The van der Waals surface area contributed by atoms with Crippen molar-refractivity contribution in [3.8, 4) is 0 Å². The van der Waals surface area contributed by atoms with Crippen LogP contribution in [0.3, 0.4) is 0 Å². The average Bonchev–Trinajstić information content (AvgIpc) is 2.16. The van der Waals surface area contributed by atoms with Crippen LogP contribution in [0.2, 0.25) is 5.02 Å². The third kappa shape index (κ3) is 3.11. The summed E-state index contributed by atoms with van der Waals surface area (Å²) in [5, 5.41) is 0.631. The standard InChI is InChI=1S/C10H14ClN3O/c1-14(6-10(13)15)9-3-2-8(11)4-7(9)5-12/h2-4H,5-6,12H2,1H3,(H2,13,15). The van der Waals surface area contributed by atoms with Gasteiger partial charge in [-0.2, -0.15) is 0 Å². The molecule has 0 aromatic heterocycles. The minimum Gasteiger partial charge on any atom is -0.368 e. The quantitative estimate of drug-likeness (QED) is 0.796. The lowest BCUT2D eigenvalue weighted by molar-refractivity contribution is -0.116. The molecule has 0 heterocycles. The number of nitrogens with two attached hydrogens (primary N) is 2. The first kappa shape index (κ1) is 11.8. The van der Waals surface area contributed by atoms with Gasteiger partial charge in [0.15, 0.2) is 0 Å². The second kappa shape index (κ2) is 5.00. The van der Waals surface area contributed by atoms with Crippen LogP contribution < -0.4 is 16.4 Å². The molecule has 1 amide bonds. The van der Waals surface area contributed by atoms with E-state index < -0.39 is 0 Å². The predicted octanol–water partition coefficient (Wildman–Crippen LogP) is 0.720. The van der Waals surface area contributed by atoms with Crippen molar-refractivity contribution in [2.24, 2.45) is 11.5 Å². The molecule has 1 aromatic rings. The largest absolute Gasteiger partial charge is 0.368 e. The molecular weight excluding hydrogens is 214 g/mol. The maximum atomic E-state index is 10.8. The van der Waals surface area contributed by atoms with Gasteiger partial charge in [-0.1, -0.05) is 11.6 Å². The van der Waals surface area contributed by atoms with Gasteiger partial charge in [0.05, 0.1) is 6.54 Å². The van der Waals surface area contributed by atoms with Gasteiger partial charge in [-0.3, -0.25) is 4.79 Å². The first-order chi connectivity index (χ1) is 7.04. The van der Waals surface area contributed by atoms with Crippen LogP contribution in [0.1, 0.15) is 5.56 Å². The van der Waals surface area contributed by atoms with Crippen LogP contribution in [0.4, 0.5) is 5.69 Å². The molecule has 0 atom stereocenters. The highest BCUT2D eigenvalue weighted by molar-refractivity contribution is 6.30. The summed E-state index contributed by atoms with van der Waals surface area (Å²) in [7, 11) is 1.78. The van der Waals surface area contributed by atoms with E-state index in [-0.39, 0.29) is 12.5 Å². The summed E-state index contributed by atoms with van der Waals surface area (Å²) in [6.45, 7) is 0.535. The number of benzene rings is 1. The molecule has 0 spiro atoms. The van der Waals surface area contributed by atoms with Crippen molar-refractivity contribution in [1.29, 1.82) is 0 Å². The minimum atomic E-state index is -0.379. The number of carbonyl (C=O) groups is 1. The van der Waals surface area contributed by atoms with E-state index in [9.17, 15) is 4.79 Å². The molecule has 1 aromatic carbocycles. The smallest absolute Gasteiger partial charge is 0.236 e. The number of rotatable bonds is 4. The van der Waals surface area contributed by atoms with Gasteiger partial charge in [0.25, 0.3) is 0 Å². The summed E-state index contributed by atoms with van der Waals surface area (Å²) in [5.41, 5.74) is 12.5. The molecule has 0 unspecified atom stereocenters. The average molecular weight is 228 g/mol. The van der Waals surface area contributed by atoms with Gasteiger partial charge in [-0.25, -0.2) is 0 Å². The van der Waals surface area contributed by atoms with E-state index >= 15 is 0 Å². The minimum absolute atomic E-state index is 0.161. The number of carbonyl (C=O) groups excluding carboxylic acids is 1. The lowest BCUT2D eigenvalue weighted by Crippen LogP contribution is -2.31. The third-order valence-corrected chi connectivity index (χ3v) is 2.30. The molecule has 0 radical (unpaired) electrons. The molecule has 1 rings (SSSR count). The van der Waals surface area contributed by atoms with Gasteiger partial charge >= 0.3 is 0 Å². The molecule has 15 heavy (non-hydrogen) atoms. The van der Waals surface area contributed by atoms with E-state index in [1.807, 2.05) is 6.07 Å². The Balaban J connectivity index is 2.97. The van der Waals surface area contributed by atoms with Crippen molar-refractivity contribution in [2.75, 3.05) is 18.5 Å². The zero-order valence-corrected chi connectivity index (χ0v) is 9.29. The SMILES string of the molecule is CN(CC(N)=O)c1ccc(Cl)cc1CN. The van der Waals surface area contributed by atoms with Crippen molar-refractivity contribution >= 4 is 23.2 Å². The van der Waals surface area contributed by atoms with E-state index in [0.29, 0.717) is 11.6 Å². The van der Waals surface area contributed by atoms with Crippen LogP contribution in [-0.2, 0) is 11.3 Å². The fraction of sp³-hybridized carbons (Fsp3) is 0.300. The number of anilines is 1. The van der Waals surface area contributed by atoms with Crippen LogP contribution in [0.15, 0.2) is 18.2 Å². The van der Waals surface area contributed by atoms with Crippen LogP contribution >= 0.6 is 11.6 Å². The highest BCUT2D eigenvalue weighted by Gasteiger charge is 2.08. The Morgan fingerprint density at radius 1 is 1.53 bits per heavy atom. The van der Waals surface area contributed by atoms with Crippen LogP contribution in [0, 0.1) is 0 Å². The Morgan fingerprint density at radius 3 is 2.73 bits per heavy atom. The lowest BCUT2D eigenvalue weighted by atomic mass is 10.1. The Morgan fingerprint density at radius 2 is 2.20 bits per heavy atom. The summed E-state index contributed by atoms with van der Waals surface area (Å²) in [5.74, 6) is -0.379. The molecule has 0 aliphatic heterocycles. The van der Waals surface area contributed by atoms with Gasteiger partial charge in [0.2, 0.25) is 5.91 Å². The summed E-state index contributed by atoms with van der Waals surface area (Å²) in [6.07, 6.45) is 0. The molecule has 5 heteroatoms. The summed E-state index contributed by atoms with van der Waals surface area (Å²) in [6, 6.07) is 5.37. The molecule has 0 aliphatic carbocycles. The fourth-order valence-corrected chi connectivity index (χ4v) is 1.60. The topological polar surface area (TPSA) is 72.3 Å². The number of hydrogen-bond donors (Lipinski definition) is 2. The maximum Gasteiger partial charge on any atom is 0.236 e. The van der Waals surface area contributed by atoms with Gasteiger partial charge in [0, 0.05) is 24.3 Å². The number of nitrogens with zero attached hydrogens (tertiary/aromatic N) is 1. The summed E-state index contributed by atoms with van der Waals surface area (Å²) in [4.78, 5) is 12.5. The Hall–Kier alpha value is -1.26. The lowest BCUT2D eigenvalue weighted by Gasteiger charge is -2.20. The van der Waals surface area contributed by atoms with E-state index in [0.717, 1.165) is 11.3 Å². The van der Waals surface area contributed by atoms with Crippen molar-refractivity contribution in [2.45, 2.75) is 6.54 Å². The zero-order chi connectivity index (χ0) is 11.4. The first-order valence-electron chi connectivity index (χ1n) is 4.52. The highest BCUT2D eigenvalue weighted by atomic mass is 35.5. The molecule has 0 bridgehead atoms. The fourth-order valence-electron chi connectivity index (χ4n) is 1.41. The Labute approximate surface area is 93.8 Å². The van der Waals surface area contributed by atoms with Crippen molar-refractivity contribution in [3.63, 3.8) is 0 Å². The molecule has 0 fully saturated rings. The number of amides is 1. The molecule has 0 saturated heterocycles. The van der Waals surface area contributed by atoms with Gasteiger partial charge in [0.1, 0.15) is 0 Å². The molecule has 4 nitrogen and oxygen atoms in total. The third-order valence-electron chi connectivity index (χ3n) is 2.07. The van der Waals surface area contributed by atoms with Crippen LogP contribution in [0.25, 0.3) is 0 Å². The number of halogens is 1. The predicted molar refractivity (Wildman–Crippen MR) is 61.8 cm³/mol. The van der Waals surface area contributed by atoms with Crippen molar-refractivity contribution in [3.05, 3.63) is 28.8 Å². The molecule has 0 saturated carbocycles. The second-order valence-corrected chi connectivity index (χ2v) is 3.74. The monoisotopic (exact) mass is 227 g/mol. The normalized spacial score (nSPS) is 10.1. The second-order valence-electron chi connectivity index (χ2n) is 3.30. The van der Waals surface area contributed by atoms with Gasteiger partial charge in [-0.15, -0.1) is 0 Å². The van der Waals surface area contributed by atoms with E-state index in [1.165, 1.54) is 0 Å². The summed E-state index contributed by atoms with van der Waals surface area (Å²) < 4.78 is 0. The molecule has 0 aliphatic rings. The van der Waals surface area contributed by atoms with E-state index in [4.69, 9.17) is 23.1 Å². The molecular formula is C10H14ClN3O. The summed E-state index contributed by atoms with van der Waals surface area (Å²) >= 11 is 5.84. The Kier molecular flexibility index (Phi) is 3.94. The van der Waals surface area contributed by atoms with Crippen molar-refractivity contribution < 1.29 is 4.79 Å². The van der Waals surface area contributed by atoms with Gasteiger partial charge in [-0.05, 0) is 23.8 Å². The van der Waals surface area contributed by atoms with Crippen molar-refractivity contribution in [1.82, 2.24) is 0 Å². The maximum absolute atomic E-state index is 10.8. The molecule has 82 valence electrons. The highest BCUT2D eigenvalue weighted by Crippen LogP contribution is 2.22. The molecule has 4 N–H and O–H groups in total. The zero-order valence-electron chi connectivity index (χ0n) is 8.53. The Bertz CT molecular complexity index is 368. The van der Waals surface area contributed by atoms with Crippen LogP contribution in [0.5, 0.6) is 0 Å². The number of hydrogen-bond acceptors (Lipinski definition) is 3. The van der Waals surface area contributed by atoms with Gasteiger partial charge < -0.3 is 16.4 Å².